The number of hydrogen-bond donors (Lipinski definition) is 0. The van der Waals surface area contributed by atoms with E-state index in [0.29, 0.717) is 10.8 Å². The number of rotatable bonds is 6. The van der Waals surface area contributed by atoms with Crippen LogP contribution < -0.4 is 0 Å². The summed E-state index contributed by atoms with van der Waals surface area (Å²) in [7, 11) is 0. The van der Waals surface area contributed by atoms with Crippen LogP contribution in [0.25, 0.3) is 0 Å². The van der Waals surface area contributed by atoms with E-state index in [1.807, 2.05) is 0 Å². The van der Waals surface area contributed by atoms with Gasteiger partial charge in [0.1, 0.15) is 0 Å². The Labute approximate surface area is 146 Å². The average Bonchev–Trinajstić information content (AvgIpc) is 2.33. The summed E-state index contributed by atoms with van der Waals surface area (Å²) < 4.78 is 6.05. The number of hydrogen-bond acceptors (Lipinski definition) is 1. The van der Waals surface area contributed by atoms with E-state index in [-0.39, 0.29) is 0 Å². The summed E-state index contributed by atoms with van der Waals surface area (Å²) >= 11 is 0. The second kappa shape index (κ2) is 7.89. The van der Waals surface area contributed by atoms with Gasteiger partial charge in [0.2, 0.25) is 0 Å². The predicted molar refractivity (Wildman–Crippen MR) is 101 cm³/mol. The predicted octanol–water partition coefficient (Wildman–Crippen LogP) is 6.71. The largest absolute Gasteiger partial charge is 0.381 e. The molecule has 2 fully saturated rings. The van der Waals surface area contributed by atoms with Crippen molar-refractivity contribution >= 4 is 0 Å². The summed E-state index contributed by atoms with van der Waals surface area (Å²) in [6.07, 6.45) is 11.0. The van der Waals surface area contributed by atoms with Crippen LogP contribution in [0.2, 0.25) is 0 Å². The van der Waals surface area contributed by atoms with Gasteiger partial charge >= 0.3 is 0 Å². The third kappa shape index (κ3) is 6.77. The highest BCUT2D eigenvalue weighted by Gasteiger charge is 2.32. The lowest BCUT2D eigenvalue weighted by atomic mass is 9.67. The van der Waals surface area contributed by atoms with Gasteiger partial charge in [0.25, 0.3) is 0 Å². The molecule has 0 aromatic heterocycles. The molecule has 4 unspecified atom stereocenters. The van der Waals surface area contributed by atoms with Crippen molar-refractivity contribution in [3.8, 4) is 0 Å². The molecule has 2 saturated carbocycles. The molecule has 0 amide bonds. The van der Waals surface area contributed by atoms with Crippen LogP contribution >= 0.6 is 0 Å². The highest BCUT2D eigenvalue weighted by molar-refractivity contribution is 4.83. The van der Waals surface area contributed by atoms with Crippen molar-refractivity contribution in [1.29, 1.82) is 0 Å². The molecule has 4 atom stereocenters. The van der Waals surface area contributed by atoms with Gasteiger partial charge in [0.15, 0.2) is 0 Å². The molecular formula is C22H42O. The van der Waals surface area contributed by atoms with Gasteiger partial charge in [0, 0.05) is 13.2 Å². The van der Waals surface area contributed by atoms with E-state index < -0.39 is 0 Å². The van der Waals surface area contributed by atoms with Crippen molar-refractivity contribution in [2.24, 2.45) is 34.5 Å². The van der Waals surface area contributed by atoms with E-state index in [1.165, 1.54) is 51.4 Å². The zero-order valence-corrected chi connectivity index (χ0v) is 16.8. The first-order chi connectivity index (χ1) is 10.7. The van der Waals surface area contributed by atoms with Gasteiger partial charge < -0.3 is 4.74 Å². The third-order valence-corrected chi connectivity index (χ3v) is 6.30. The minimum Gasteiger partial charge on any atom is -0.381 e. The molecule has 2 aliphatic carbocycles. The van der Waals surface area contributed by atoms with Crippen molar-refractivity contribution < 1.29 is 4.74 Å². The number of ether oxygens (including phenoxy) is 1. The van der Waals surface area contributed by atoms with Crippen LogP contribution in [-0.4, -0.2) is 13.2 Å². The summed E-state index contributed by atoms with van der Waals surface area (Å²) in [6.45, 7) is 16.6. The normalized spacial score (nSPS) is 36.8. The summed E-state index contributed by atoms with van der Waals surface area (Å²) in [4.78, 5) is 0. The van der Waals surface area contributed by atoms with E-state index >= 15 is 0 Å². The van der Waals surface area contributed by atoms with Crippen LogP contribution in [0.3, 0.4) is 0 Å². The molecule has 2 aliphatic rings. The molecule has 136 valence electrons. The van der Waals surface area contributed by atoms with Crippen LogP contribution in [0, 0.1) is 34.5 Å². The van der Waals surface area contributed by atoms with Crippen LogP contribution in [0.4, 0.5) is 0 Å². The molecule has 0 N–H and O–H groups in total. The van der Waals surface area contributed by atoms with Crippen molar-refractivity contribution in [1.82, 2.24) is 0 Å². The van der Waals surface area contributed by atoms with E-state index in [2.05, 4.69) is 41.5 Å². The van der Waals surface area contributed by atoms with Gasteiger partial charge in [-0.2, -0.15) is 0 Å². The first-order valence-electron chi connectivity index (χ1n) is 10.2. The SMILES string of the molecule is CC1CC(CCOCCC2CC(C)CC(C)(C)C2)CC(C)(C)C1. The Morgan fingerprint density at radius 2 is 1.09 bits per heavy atom. The van der Waals surface area contributed by atoms with Crippen molar-refractivity contribution in [3.05, 3.63) is 0 Å². The van der Waals surface area contributed by atoms with Gasteiger partial charge in [0.05, 0.1) is 0 Å². The summed E-state index contributed by atoms with van der Waals surface area (Å²) in [5, 5.41) is 0. The smallest absolute Gasteiger partial charge is 0.0468 e. The van der Waals surface area contributed by atoms with Gasteiger partial charge in [-0.3, -0.25) is 0 Å². The topological polar surface area (TPSA) is 9.23 Å². The molecule has 0 bridgehead atoms. The Morgan fingerprint density at radius 1 is 0.696 bits per heavy atom. The molecule has 0 aliphatic heterocycles. The van der Waals surface area contributed by atoms with Crippen molar-refractivity contribution in [2.75, 3.05) is 13.2 Å². The lowest BCUT2D eigenvalue weighted by Gasteiger charge is -2.39. The fraction of sp³-hybridized carbons (Fsp3) is 1.00. The minimum absolute atomic E-state index is 0.548. The maximum Gasteiger partial charge on any atom is 0.0468 e. The maximum atomic E-state index is 6.05. The fourth-order valence-corrected chi connectivity index (χ4v) is 6.13. The molecule has 1 heteroatoms. The van der Waals surface area contributed by atoms with Gasteiger partial charge in [-0.15, -0.1) is 0 Å². The van der Waals surface area contributed by atoms with E-state index in [0.717, 1.165) is 36.9 Å². The minimum atomic E-state index is 0.548. The molecule has 23 heavy (non-hydrogen) atoms. The standard InChI is InChI=1S/C22H42O/c1-17-11-19(15-21(3,4)13-17)7-9-23-10-8-20-12-18(2)14-22(5,6)16-20/h17-20H,7-16H2,1-6H3. The van der Waals surface area contributed by atoms with Crippen LogP contribution in [-0.2, 0) is 4.74 Å². The lowest BCUT2D eigenvalue weighted by Crippen LogP contribution is -2.29. The molecule has 0 saturated heterocycles. The summed E-state index contributed by atoms with van der Waals surface area (Å²) in [6, 6.07) is 0. The molecule has 1 nitrogen and oxygen atoms in total. The molecular weight excluding hydrogens is 280 g/mol. The second-order valence-corrected chi connectivity index (χ2v) is 10.7. The molecule has 0 aromatic rings. The van der Waals surface area contributed by atoms with Crippen LogP contribution in [0.5, 0.6) is 0 Å². The van der Waals surface area contributed by atoms with Gasteiger partial charge in [-0.05, 0) is 85.9 Å². The molecule has 0 radical (unpaired) electrons. The van der Waals surface area contributed by atoms with Crippen molar-refractivity contribution in [2.45, 2.75) is 92.9 Å². The van der Waals surface area contributed by atoms with Crippen LogP contribution in [0.1, 0.15) is 92.9 Å². The van der Waals surface area contributed by atoms with E-state index in [9.17, 15) is 0 Å². The molecule has 0 aromatic carbocycles. The quantitative estimate of drug-likeness (QED) is 0.494. The fourth-order valence-electron chi connectivity index (χ4n) is 6.13. The monoisotopic (exact) mass is 322 g/mol. The van der Waals surface area contributed by atoms with E-state index in [1.54, 1.807) is 0 Å². The molecule has 0 spiro atoms. The average molecular weight is 323 g/mol. The summed E-state index contributed by atoms with van der Waals surface area (Å²) in [5.74, 6) is 3.58. The maximum absolute atomic E-state index is 6.05. The Hall–Kier alpha value is -0.0400. The van der Waals surface area contributed by atoms with Gasteiger partial charge in [-0.1, -0.05) is 41.5 Å². The Morgan fingerprint density at radius 3 is 1.43 bits per heavy atom. The van der Waals surface area contributed by atoms with Crippen LogP contribution in [0.15, 0.2) is 0 Å². The van der Waals surface area contributed by atoms with Crippen molar-refractivity contribution in [3.63, 3.8) is 0 Å². The zero-order valence-electron chi connectivity index (χ0n) is 16.8. The Balaban J connectivity index is 1.61. The van der Waals surface area contributed by atoms with E-state index in [4.69, 9.17) is 4.74 Å². The van der Waals surface area contributed by atoms with Gasteiger partial charge in [-0.25, -0.2) is 0 Å². The second-order valence-electron chi connectivity index (χ2n) is 10.7. The molecule has 2 rings (SSSR count). The lowest BCUT2D eigenvalue weighted by molar-refractivity contribution is 0.0584. The summed E-state index contributed by atoms with van der Waals surface area (Å²) in [5.41, 5.74) is 1.10. The zero-order chi connectivity index (χ0) is 17.1. The first-order valence-corrected chi connectivity index (χ1v) is 10.2. The molecule has 0 heterocycles. The first kappa shape index (κ1) is 19.3. The highest BCUT2D eigenvalue weighted by atomic mass is 16.5. The third-order valence-electron chi connectivity index (χ3n) is 6.30. The highest BCUT2D eigenvalue weighted by Crippen LogP contribution is 2.43. The Kier molecular flexibility index (Phi) is 6.62. The Bertz CT molecular complexity index is 323.